The molecule has 1 aliphatic rings. The second-order valence-corrected chi connectivity index (χ2v) is 12.0. The molecule has 7 rings (SSSR count). The topological polar surface area (TPSA) is 17.8 Å². The maximum atomic E-state index is 4.88. The summed E-state index contributed by atoms with van der Waals surface area (Å²) in [5.74, 6) is 1.03. The molecular weight excluding hydrogens is 544 g/mol. The third-order valence-electron chi connectivity index (χ3n) is 8.90. The van der Waals surface area contributed by atoms with E-state index in [2.05, 4.69) is 159 Å². The Labute approximate surface area is 266 Å². The molecule has 2 nitrogen and oxygen atoms in total. The minimum atomic E-state index is 0.922. The van der Waals surface area contributed by atoms with E-state index in [0.29, 0.717) is 0 Å². The van der Waals surface area contributed by atoms with Gasteiger partial charge in [0.2, 0.25) is 0 Å². The van der Waals surface area contributed by atoms with Gasteiger partial charge in [0.1, 0.15) is 5.82 Å². The molecule has 1 aliphatic carbocycles. The second kappa shape index (κ2) is 12.1. The van der Waals surface area contributed by atoms with Crippen LogP contribution in [-0.2, 0) is 12.8 Å². The lowest BCUT2D eigenvalue weighted by Gasteiger charge is -2.22. The quantitative estimate of drug-likeness (QED) is 0.183. The Morgan fingerprint density at radius 3 is 2.11 bits per heavy atom. The third-order valence-corrected chi connectivity index (χ3v) is 8.90. The van der Waals surface area contributed by atoms with Gasteiger partial charge in [0.15, 0.2) is 0 Å². The Kier molecular flexibility index (Phi) is 7.65. The average Bonchev–Trinajstić information content (AvgIpc) is 3.41. The molecule has 0 aliphatic heterocycles. The summed E-state index contributed by atoms with van der Waals surface area (Å²) in [5, 5.41) is 2.48. The van der Waals surface area contributed by atoms with Gasteiger partial charge < -0.3 is 0 Å². The van der Waals surface area contributed by atoms with Crippen molar-refractivity contribution in [3.63, 3.8) is 0 Å². The predicted octanol–water partition coefficient (Wildman–Crippen LogP) is 11.3. The summed E-state index contributed by atoms with van der Waals surface area (Å²) in [6.07, 6.45) is 11.9. The molecule has 0 spiro atoms. The van der Waals surface area contributed by atoms with Crippen molar-refractivity contribution in [2.24, 2.45) is 0 Å². The molecule has 1 aromatic heterocycles. The van der Waals surface area contributed by atoms with Crippen LogP contribution in [0.3, 0.4) is 0 Å². The monoisotopic (exact) mass is 582 g/mol. The Morgan fingerprint density at radius 2 is 1.42 bits per heavy atom. The number of benzene rings is 5. The molecule has 1 heterocycles. The highest BCUT2D eigenvalue weighted by Crippen LogP contribution is 2.45. The zero-order valence-electron chi connectivity index (χ0n) is 26.3. The summed E-state index contributed by atoms with van der Waals surface area (Å²) in [6, 6.07) is 37.6. The zero-order valence-corrected chi connectivity index (χ0v) is 26.3. The molecule has 0 saturated heterocycles. The van der Waals surface area contributed by atoms with Crippen LogP contribution in [0.25, 0.3) is 56.4 Å². The highest BCUT2D eigenvalue weighted by molar-refractivity contribution is 6.12. The molecule has 2 heteroatoms. The molecule has 0 radical (unpaired) electrons. The van der Waals surface area contributed by atoms with Gasteiger partial charge in [-0.3, -0.25) is 4.57 Å². The van der Waals surface area contributed by atoms with Crippen molar-refractivity contribution in [2.75, 3.05) is 0 Å². The van der Waals surface area contributed by atoms with Crippen LogP contribution in [-0.4, -0.2) is 9.55 Å². The van der Waals surface area contributed by atoms with Crippen LogP contribution in [0.4, 0.5) is 0 Å². The van der Waals surface area contributed by atoms with Crippen LogP contribution in [0.5, 0.6) is 0 Å². The maximum Gasteiger partial charge on any atom is 0.110 e. The van der Waals surface area contributed by atoms with E-state index in [1.54, 1.807) is 0 Å². The van der Waals surface area contributed by atoms with E-state index in [4.69, 9.17) is 4.98 Å². The highest BCUT2D eigenvalue weighted by Gasteiger charge is 2.21. The van der Waals surface area contributed by atoms with Gasteiger partial charge >= 0.3 is 0 Å². The number of fused-ring (bicyclic) bond motifs is 2. The van der Waals surface area contributed by atoms with Crippen LogP contribution >= 0.6 is 0 Å². The van der Waals surface area contributed by atoms with E-state index < -0.39 is 0 Å². The molecule has 5 aromatic carbocycles. The van der Waals surface area contributed by atoms with Gasteiger partial charge in [-0.25, -0.2) is 4.98 Å². The molecular formula is C43H38N2. The van der Waals surface area contributed by atoms with Crippen LogP contribution in [0.1, 0.15) is 59.7 Å². The van der Waals surface area contributed by atoms with Gasteiger partial charge in [-0.05, 0) is 119 Å². The Bertz CT molecular complexity index is 2090. The van der Waals surface area contributed by atoms with E-state index in [9.17, 15) is 0 Å². The van der Waals surface area contributed by atoms with Crippen LogP contribution in [0.2, 0.25) is 0 Å². The zero-order chi connectivity index (χ0) is 30.9. The van der Waals surface area contributed by atoms with E-state index in [-0.39, 0.29) is 0 Å². The fourth-order valence-corrected chi connectivity index (χ4v) is 6.95. The standard InChI is InChI=1S/C43H38N2/c1-5-13-38-41(29(2)3)43(34-22-20-32(21-23-34)28-31-14-7-6-8-15-31)37-17-10-9-16-36(37)42(38)33-24-26-35(27-25-33)45-30(4)44-39-18-11-12-19-40(39)45/h5-10,12-17,19-27H,2,11,18,28H2,1,3-4H3/b13-5-. The van der Waals surface area contributed by atoms with Crippen molar-refractivity contribution in [1.29, 1.82) is 0 Å². The maximum absolute atomic E-state index is 4.88. The number of aromatic nitrogens is 2. The number of imidazole rings is 1. The van der Waals surface area contributed by atoms with Gasteiger partial charge in [0.25, 0.3) is 0 Å². The first-order valence-electron chi connectivity index (χ1n) is 15.9. The fraction of sp³-hybridized carbons (Fsp3) is 0.140. The lowest BCUT2D eigenvalue weighted by Crippen LogP contribution is -2.02. The minimum Gasteiger partial charge on any atom is -0.297 e. The lowest BCUT2D eigenvalue weighted by atomic mass is 9.81. The van der Waals surface area contributed by atoms with Crippen molar-refractivity contribution < 1.29 is 0 Å². The molecule has 220 valence electrons. The van der Waals surface area contributed by atoms with E-state index >= 15 is 0 Å². The van der Waals surface area contributed by atoms with Crippen LogP contribution < -0.4 is 0 Å². The molecule has 0 saturated carbocycles. The summed E-state index contributed by atoms with van der Waals surface area (Å²) in [6.45, 7) is 10.9. The SMILES string of the molecule is C=C(C)c1c(/C=C\C)c(-c2ccc(-n3c(C)nc4c3C=CCC4)cc2)c2ccccc2c1-c1ccc(Cc2ccccc2)cc1. The van der Waals surface area contributed by atoms with Crippen molar-refractivity contribution in [2.45, 2.75) is 40.0 Å². The number of allylic oxidation sites excluding steroid dienone is 3. The van der Waals surface area contributed by atoms with Crippen molar-refractivity contribution in [3.05, 3.63) is 161 Å². The average molecular weight is 583 g/mol. The normalized spacial score (nSPS) is 12.6. The Hall–Kier alpha value is -5.21. The number of rotatable bonds is 7. The summed E-state index contributed by atoms with van der Waals surface area (Å²) in [5.41, 5.74) is 14.5. The first-order chi connectivity index (χ1) is 22.0. The van der Waals surface area contributed by atoms with E-state index in [1.807, 2.05) is 0 Å². The number of hydrogen-bond donors (Lipinski definition) is 0. The summed E-state index contributed by atoms with van der Waals surface area (Å²) in [4.78, 5) is 4.88. The number of nitrogens with zero attached hydrogens (tertiary/aromatic N) is 2. The first-order valence-corrected chi connectivity index (χ1v) is 15.9. The highest BCUT2D eigenvalue weighted by atomic mass is 15.1. The van der Waals surface area contributed by atoms with E-state index in [1.165, 1.54) is 66.7 Å². The van der Waals surface area contributed by atoms with E-state index in [0.717, 1.165) is 36.3 Å². The van der Waals surface area contributed by atoms with Crippen LogP contribution in [0, 0.1) is 6.92 Å². The molecule has 0 fully saturated rings. The number of aryl methyl sites for hydroxylation is 2. The molecule has 0 N–H and O–H groups in total. The van der Waals surface area contributed by atoms with Gasteiger partial charge in [0.05, 0.1) is 11.4 Å². The minimum absolute atomic E-state index is 0.922. The number of hydrogen-bond acceptors (Lipinski definition) is 1. The smallest absolute Gasteiger partial charge is 0.110 e. The molecule has 0 bridgehead atoms. The van der Waals surface area contributed by atoms with Crippen LogP contribution in [0.15, 0.2) is 122 Å². The molecule has 0 unspecified atom stereocenters. The van der Waals surface area contributed by atoms with Crippen molar-refractivity contribution in [3.8, 4) is 27.9 Å². The molecule has 45 heavy (non-hydrogen) atoms. The molecule has 0 amide bonds. The molecule has 0 atom stereocenters. The third kappa shape index (κ3) is 5.27. The van der Waals surface area contributed by atoms with Gasteiger partial charge in [-0.1, -0.05) is 116 Å². The fourth-order valence-electron chi connectivity index (χ4n) is 6.95. The van der Waals surface area contributed by atoms with Crippen molar-refractivity contribution >= 4 is 28.5 Å². The summed E-state index contributed by atoms with van der Waals surface area (Å²) in [7, 11) is 0. The Balaban J connectivity index is 1.38. The van der Waals surface area contributed by atoms with Crippen molar-refractivity contribution in [1.82, 2.24) is 9.55 Å². The second-order valence-electron chi connectivity index (χ2n) is 12.0. The first kappa shape index (κ1) is 28.6. The summed E-state index contributed by atoms with van der Waals surface area (Å²) < 4.78 is 2.28. The lowest BCUT2D eigenvalue weighted by molar-refractivity contribution is 0.936. The Morgan fingerprint density at radius 1 is 0.800 bits per heavy atom. The predicted molar refractivity (Wildman–Crippen MR) is 193 cm³/mol. The van der Waals surface area contributed by atoms with Gasteiger partial charge in [0, 0.05) is 5.69 Å². The molecule has 6 aromatic rings. The van der Waals surface area contributed by atoms with Gasteiger partial charge in [-0.2, -0.15) is 0 Å². The summed E-state index contributed by atoms with van der Waals surface area (Å²) >= 11 is 0. The largest absolute Gasteiger partial charge is 0.297 e. The van der Waals surface area contributed by atoms with Gasteiger partial charge in [-0.15, -0.1) is 0 Å².